The van der Waals surface area contributed by atoms with Crippen molar-refractivity contribution in [2.24, 2.45) is 22.2 Å². The van der Waals surface area contributed by atoms with Gasteiger partial charge in [-0.05, 0) is 169 Å². The fourth-order valence-electron chi connectivity index (χ4n) is 6.43. The standard InChI is InChI=1S/2C21H31NO7.C13H24O4.C12H22O4/c2*1-6-20(2,3)18(24)28-12-11-22-19(25)29-14-13-27-16-9-7-15(8-10-16)17(23)21(4,5)26;1-4-13(2,3)12(14)16-8-6-5-7-15-9-11-10-17-11;1-3-10(2)12(13)15-7-5-4-6-14-8-11-9-16-11/h2*7-10,26H,6,11-14H2,1-5H3,(H,22,25);11H,4-10H2,1-3H3;10-11H,3-9H2,1-2H3. The number of carbonyl (C=O) groups excluding carboxylic acids is 8. The van der Waals surface area contributed by atoms with Crippen LogP contribution in [0.25, 0.3) is 0 Å². The zero-order chi connectivity index (χ0) is 68.7. The maximum atomic E-state index is 11.9. The van der Waals surface area contributed by atoms with Gasteiger partial charge in [0.15, 0.2) is 11.6 Å². The van der Waals surface area contributed by atoms with Crippen LogP contribution in [0, 0.1) is 22.2 Å². The van der Waals surface area contributed by atoms with Gasteiger partial charge >= 0.3 is 36.1 Å². The molecule has 0 aromatic heterocycles. The number of alkyl carbamates (subject to hydrolysis) is 2. The lowest BCUT2D eigenvalue weighted by Gasteiger charge is -2.20. The smallest absolute Gasteiger partial charge is 0.407 e. The summed E-state index contributed by atoms with van der Waals surface area (Å²) in [6, 6.07) is 12.6. The van der Waals surface area contributed by atoms with E-state index in [1.54, 1.807) is 76.2 Å². The van der Waals surface area contributed by atoms with E-state index in [2.05, 4.69) is 10.6 Å². The summed E-state index contributed by atoms with van der Waals surface area (Å²) in [5.74, 6) is -0.539. The molecule has 0 aliphatic carbocycles. The number of ether oxygens (including phenoxy) is 12. The molecule has 2 aromatic carbocycles. The number of Topliss-reactive ketones (excluding diaryl/α,β-unsaturated/α-hetero) is 2. The molecule has 3 atom stereocenters. The summed E-state index contributed by atoms with van der Waals surface area (Å²) in [4.78, 5) is 93.5. The zero-order valence-electron chi connectivity index (χ0n) is 56.9. The summed E-state index contributed by atoms with van der Waals surface area (Å²) in [5, 5.41) is 24.4. The predicted octanol–water partition coefficient (Wildman–Crippen LogP) is 9.38. The second kappa shape index (κ2) is 43.4. The molecule has 24 nitrogen and oxygen atoms in total. The van der Waals surface area contributed by atoms with Gasteiger partial charge in [-0.25, -0.2) is 9.59 Å². The van der Waals surface area contributed by atoms with Crippen molar-refractivity contribution < 1.29 is 105 Å². The molecule has 2 aliphatic heterocycles. The maximum Gasteiger partial charge on any atom is 0.407 e. The topological polar surface area (TPSA) is 318 Å². The molecule has 3 unspecified atom stereocenters. The molecule has 2 amide bonds. The van der Waals surface area contributed by atoms with Gasteiger partial charge in [0.05, 0.1) is 74.9 Å². The van der Waals surface area contributed by atoms with Gasteiger partial charge in [0.1, 0.15) is 74.6 Å². The van der Waals surface area contributed by atoms with Crippen molar-refractivity contribution in [1.82, 2.24) is 10.6 Å². The molecular weight excluding hydrogens is 1180 g/mol. The minimum Gasteiger partial charge on any atom is -0.490 e. The van der Waals surface area contributed by atoms with Gasteiger partial charge in [-0.15, -0.1) is 0 Å². The van der Waals surface area contributed by atoms with Crippen LogP contribution in [0.2, 0.25) is 0 Å². The van der Waals surface area contributed by atoms with Gasteiger partial charge in [-0.3, -0.25) is 28.8 Å². The Labute approximate surface area is 539 Å². The number of unbranched alkanes of at least 4 members (excludes halogenated alkanes) is 2. The number of epoxide rings is 2. The Kier molecular flexibility index (Phi) is 39.4. The van der Waals surface area contributed by atoms with Gasteiger partial charge in [0.2, 0.25) is 0 Å². The lowest BCUT2D eigenvalue weighted by molar-refractivity contribution is -0.155. The number of esters is 4. The highest BCUT2D eigenvalue weighted by molar-refractivity contribution is 6.02. The number of aliphatic hydroxyl groups is 2. The van der Waals surface area contributed by atoms with E-state index in [0.717, 1.165) is 58.3 Å². The first-order chi connectivity index (χ1) is 42.7. The largest absolute Gasteiger partial charge is 0.490 e. The van der Waals surface area contributed by atoms with Crippen molar-refractivity contribution in [1.29, 1.82) is 0 Å². The van der Waals surface area contributed by atoms with Crippen LogP contribution in [-0.2, 0) is 66.5 Å². The Bertz CT molecular complexity index is 2320. The molecule has 0 spiro atoms. The fourth-order valence-corrected chi connectivity index (χ4v) is 6.43. The average Bonchev–Trinajstić information content (AvgIpc) is 2.14. The molecule has 2 saturated heterocycles. The van der Waals surface area contributed by atoms with Crippen LogP contribution in [0.1, 0.15) is 176 Å². The number of hydrogen-bond donors (Lipinski definition) is 4. The summed E-state index contributed by atoms with van der Waals surface area (Å²) in [7, 11) is 0. The zero-order valence-corrected chi connectivity index (χ0v) is 56.9. The predicted molar refractivity (Wildman–Crippen MR) is 339 cm³/mol. The fraction of sp³-hybridized carbons (Fsp3) is 0.701. The van der Waals surface area contributed by atoms with Crippen LogP contribution < -0.4 is 20.1 Å². The Balaban J connectivity index is 0.000000627. The van der Waals surface area contributed by atoms with Gasteiger partial charge in [0.25, 0.3) is 0 Å². The van der Waals surface area contributed by atoms with E-state index in [0.29, 0.717) is 80.7 Å². The van der Waals surface area contributed by atoms with Crippen molar-refractivity contribution in [3.63, 3.8) is 0 Å². The monoisotopic (exact) mass is 1290 g/mol. The molecule has 4 N–H and O–H groups in total. The molecule has 4 rings (SSSR count). The molecule has 2 aliphatic rings. The number of carbonyl (C=O) groups is 8. The van der Waals surface area contributed by atoms with Crippen molar-refractivity contribution in [3.05, 3.63) is 59.7 Å². The van der Waals surface area contributed by atoms with E-state index in [1.807, 2.05) is 48.5 Å². The van der Waals surface area contributed by atoms with Crippen LogP contribution in [-0.4, -0.2) is 187 Å². The molecular formula is C67H108N2O22. The molecule has 0 radical (unpaired) electrons. The highest BCUT2D eigenvalue weighted by Crippen LogP contribution is 2.24. The molecule has 0 saturated carbocycles. The third-order valence-electron chi connectivity index (χ3n) is 14.3. The van der Waals surface area contributed by atoms with Crippen molar-refractivity contribution in [2.75, 3.05) is 106 Å². The summed E-state index contributed by atoms with van der Waals surface area (Å²) in [6.07, 6.45) is 5.95. The van der Waals surface area contributed by atoms with E-state index in [9.17, 15) is 48.6 Å². The van der Waals surface area contributed by atoms with E-state index < -0.39 is 34.2 Å². The summed E-state index contributed by atoms with van der Waals surface area (Å²) in [6.45, 7) is 32.7. The highest BCUT2D eigenvalue weighted by Gasteiger charge is 2.30. The second-order valence-electron chi connectivity index (χ2n) is 24.7. The summed E-state index contributed by atoms with van der Waals surface area (Å²) < 4.78 is 62.1. The van der Waals surface area contributed by atoms with Gasteiger partial charge in [-0.2, -0.15) is 0 Å². The van der Waals surface area contributed by atoms with Crippen LogP contribution in [0.3, 0.4) is 0 Å². The third-order valence-corrected chi connectivity index (χ3v) is 14.3. The van der Waals surface area contributed by atoms with Crippen molar-refractivity contribution in [3.8, 4) is 11.5 Å². The minimum absolute atomic E-state index is 0.0169. The van der Waals surface area contributed by atoms with Crippen LogP contribution in [0.5, 0.6) is 11.5 Å². The summed E-state index contributed by atoms with van der Waals surface area (Å²) in [5.41, 5.74) is -3.57. The number of hydrogen-bond acceptors (Lipinski definition) is 22. The van der Waals surface area contributed by atoms with Gasteiger partial charge < -0.3 is 77.7 Å². The maximum absolute atomic E-state index is 11.9. The Morgan fingerprint density at radius 2 is 0.780 bits per heavy atom. The van der Waals surface area contributed by atoms with Crippen molar-refractivity contribution in [2.45, 2.75) is 179 Å². The van der Waals surface area contributed by atoms with Crippen LogP contribution in [0.15, 0.2) is 48.5 Å². The average molecular weight is 1290 g/mol. The molecule has 518 valence electrons. The number of amides is 2. The quantitative estimate of drug-likeness (QED) is 0.0159. The van der Waals surface area contributed by atoms with E-state index >= 15 is 0 Å². The molecule has 0 bridgehead atoms. The first kappa shape index (κ1) is 82.6. The Morgan fingerprint density at radius 3 is 1.09 bits per heavy atom. The Morgan fingerprint density at radius 1 is 0.462 bits per heavy atom. The molecule has 2 fully saturated rings. The first-order valence-electron chi connectivity index (χ1n) is 31.6. The molecule has 91 heavy (non-hydrogen) atoms. The SMILES string of the molecule is CCC(C)(C)C(=O)OCCCCOCC1CO1.CCC(C)(C)C(=O)OCCNC(=O)OCCOc1ccc(C(=O)C(C)(C)O)cc1.CCC(C)(C)C(=O)OCCNC(=O)OCCOc1ccc(C(=O)C(C)(C)O)cc1.CCC(C)C(=O)OCCCCOCC1CO1. The van der Waals surface area contributed by atoms with E-state index in [4.69, 9.17) is 56.8 Å². The normalized spacial score (nSPS) is 14.5. The highest BCUT2D eigenvalue weighted by atomic mass is 16.6. The minimum atomic E-state index is -1.44. The number of nitrogens with one attached hydrogen (secondary N) is 2. The van der Waals surface area contributed by atoms with Crippen LogP contribution >= 0.6 is 0 Å². The Hall–Kier alpha value is -6.44. The lowest BCUT2D eigenvalue weighted by atomic mass is 9.91. The van der Waals surface area contributed by atoms with E-state index in [1.165, 1.54) is 27.7 Å². The lowest BCUT2D eigenvalue weighted by Crippen LogP contribution is -2.32. The van der Waals surface area contributed by atoms with Crippen LogP contribution in [0.4, 0.5) is 9.59 Å². The second-order valence-corrected chi connectivity index (χ2v) is 24.7. The molecule has 2 heterocycles. The first-order valence-corrected chi connectivity index (χ1v) is 31.6. The van der Waals surface area contributed by atoms with E-state index in [-0.39, 0.29) is 99.5 Å². The third kappa shape index (κ3) is 38.2. The molecule has 2 aromatic rings. The molecule has 24 heteroatoms. The van der Waals surface area contributed by atoms with Crippen molar-refractivity contribution >= 4 is 47.6 Å². The number of benzene rings is 2. The number of ketones is 2. The van der Waals surface area contributed by atoms with Gasteiger partial charge in [0, 0.05) is 24.3 Å². The van der Waals surface area contributed by atoms with Gasteiger partial charge in [-0.1, -0.05) is 34.6 Å². The number of rotatable bonds is 40. The summed E-state index contributed by atoms with van der Waals surface area (Å²) >= 11 is 0.